The van der Waals surface area contributed by atoms with Gasteiger partial charge in [0.1, 0.15) is 0 Å². The summed E-state index contributed by atoms with van der Waals surface area (Å²) < 4.78 is 1.96. The Labute approximate surface area is 110 Å². The summed E-state index contributed by atoms with van der Waals surface area (Å²) in [5, 5.41) is -0.420. The van der Waals surface area contributed by atoms with Crippen LogP contribution in [0.4, 0.5) is 0 Å². The van der Waals surface area contributed by atoms with Gasteiger partial charge in [-0.1, -0.05) is 6.07 Å². The zero-order valence-corrected chi connectivity index (χ0v) is 10.8. The van der Waals surface area contributed by atoms with Crippen LogP contribution in [0.5, 0.6) is 0 Å². The van der Waals surface area contributed by atoms with Crippen molar-refractivity contribution in [3.8, 4) is 5.69 Å². The first-order chi connectivity index (χ1) is 8.66. The Bertz CT molecular complexity index is 614. The first-order valence-electron chi connectivity index (χ1n) is 6.00. The van der Waals surface area contributed by atoms with Gasteiger partial charge in [0.15, 0.2) is 0 Å². The van der Waals surface area contributed by atoms with Crippen LogP contribution in [-0.4, -0.2) is 14.8 Å². The highest BCUT2D eigenvalue weighted by Gasteiger charge is 2.26. The lowest BCUT2D eigenvalue weighted by molar-refractivity contribution is 0.108. The van der Waals surface area contributed by atoms with E-state index in [0.717, 1.165) is 16.9 Å². The summed E-state index contributed by atoms with van der Waals surface area (Å²) in [6.45, 7) is 1.90. The SMILES string of the molecule is Cc1c(C(=O)Cl)cccc1-n1cnc(C2CC2)c1. The fourth-order valence-electron chi connectivity index (χ4n) is 2.18. The lowest BCUT2D eigenvalue weighted by Crippen LogP contribution is -2.00. The normalized spacial score (nSPS) is 14.8. The minimum Gasteiger partial charge on any atom is -0.306 e. The molecule has 1 aromatic heterocycles. The van der Waals surface area contributed by atoms with Gasteiger partial charge in [-0.15, -0.1) is 0 Å². The molecule has 0 atom stereocenters. The zero-order chi connectivity index (χ0) is 12.7. The van der Waals surface area contributed by atoms with Crippen LogP contribution in [0.1, 0.15) is 40.4 Å². The van der Waals surface area contributed by atoms with Gasteiger partial charge in [0, 0.05) is 17.7 Å². The average Bonchev–Trinajstić information content (AvgIpc) is 3.08. The maximum Gasteiger partial charge on any atom is 0.252 e. The smallest absolute Gasteiger partial charge is 0.252 e. The number of imidazole rings is 1. The van der Waals surface area contributed by atoms with Gasteiger partial charge < -0.3 is 4.57 Å². The van der Waals surface area contributed by atoms with Crippen molar-refractivity contribution >= 4 is 16.8 Å². The highest BCUT2D eigenvalue weighted by molar-refractivity contribution is 6.68. The van der Waals surface area contributed by atoms with Crippen LogP contribution >= 0.6 is 11.6 Å². The summed E-state index contributed by atoms with van der Waals surface area (Å²) in [5.74, 6) is 0.629. The molecule has 0 unspecified atom stereocenters. The molecule has 1 aliphatic rings. The Morgan fingerprint density at radius 3 is 2.89 bits per heavy atom. The van der Waals surface area contributed by atoms with Gasteiger partial charge in [-0.3, -0.25) is 4.79 Å². The third-order valence-corrected chi connectivity index (χ3v) is 3.60. The van der Waals surface area contributed by atoms with Crippen molar-refractivity contribution in [2.75, 3.05) is 0 Å². The maximum atomic E-state index is 11.3. The summed E-state index contributed by atoms with van der Waals surface area (Å²) in [7, 11) is 0. The fourth-order valence-corrected chi connectivity index (χ4v) is 2.38. The van der Waals surface area contributed by atoms with E-state index in [-0.39, 0.29) is 0 Å². The molecule has 92 valence electrons. The van der Waals surface area contributed by atoms with Crippen LogP contribution < -0.4 is 0 Å². The molecular formula is C14H13ClN2O. The van der Waals surface area contributed by atoms with Crippen molar-refractivity contribution in [2.24, 2.45) is 0 Å². The lowest BCUT2D eigenvalue weighted by Gasteiger charge is -2.08. The molecule has 1 heterocycles. The number of rotatable bonds is 3. The van der Waals surface area contributed by atoms with Crippen LogP contribution in [0.2, 0.25) is 0 Å². The predicted molar refractivity (Wildman–Crippen MR) is 70.5 cm³/mol. The Hall–Kier alpha value is -1.61. The summed E-state index contributed by atoms with van der Waals surface area (Å²) in [4.78, 5) is 15.7. The topological polar surface area (TPSA) is 34.9 Å². The van der Waals surface area contributed by atoms with Gasteiger partial charge in [0.25, 0.3) is 5.24 Å². The van der Waals surface area contributed by atoms with Gasteiger partial charge in [0.05, 0.1) is 17.7 Å². The first kappa shape index (κ1) is 11.5. The van der Waals surface area contributed by atoms with E-state index < -0.39 is 5.24 Å². The van der Waals surface area contributed by atoms with Gasteiger partial charge in [0.2, 0.25) is 0 Å². The molecule has 1 aliphatic carbocycles. The molecule has 0 N–H and O–H groups in total. The number of nitrogens with zero attached hydrogens (tertiary/aromatic N) is 2. The monoisotopic (exact) mass is 260 g/mol. The highest BCUT2D eigenvalue weighted by atomic mass is 35.5. The molecule has 0 aliphatic heterocycles. The third kappa shape index (κ3) is 1.95. The second-order valence-electron chi connectivity index (χ2n) is 4.70. The van der Waals surface area contributed by atoms with Crippen molar-refractivity contribution in [1.82, 2.24) is 9.55 Å². The summed E-state index contributed by atoms with van der Waals surface area (Å²) in [6, 6.07) is 5.55. The van der Waals surface area contributed by atoms with Crippen LogP contribution in [0.25, 0.3) is 5.69 Å². The Kier molecular flexibility index (Phi) is 2.71. The van der Waals surface area contributed by atoms with Crippen LogP contribution in [0.3, 0.4) is 0 Å². The average molecular weight is 261 g/mol. The molecular weight excluding hydrogens is 248 g/mol. The van der Waals surface area contributed by atoms with Crippen LogP contribution in [0.15, 0.2) is 30.7 Å². The number of carbonyl (C=O) groups is 1. The minimum absolute atomic E-state index is 0.420. The molecule has 0 amide bonds. The van der Waals surface area contributed by atoms with E-state index >= 15 is 0 Å². The van der Waals surface area contributed by atoms with Crippen molar-refractivity contribution in [2.45, 2.75) is 25.7 Å². The van der Waals surface area contributed by atoms with Crippen LogP contribution in [-0.2, 0) is 0 Å². The van der Waals surface area contributed by atoms with E-state index in [9.17, 15) is 4.79 Å². The van der Waals surface area contributed by atoms with Crippen LogP contribution in [0, 0.1) is 6.92 Å². The molecule has 2 aromatic rings. The summed E-state index contributed by atoms with van der Waals surface area (Å²) in [5.41, 5.74) is 3.53. The summed E-state index contributed by atoms with van der Waals surface area (Å²) in [6.07, 6.45) is 6.31. The molecule has 0 saturated heterocycles. The molecule has 0 spiro atoms. The van der Waals surface area contributed by atoms with Gasteiger partial charge in [-0.25, -0.2) is 4.98 Å². The number of carbonyl (C=O) groups excluding carboxylic acids is 1. The highest BCUT2D eigenvalue weighted by Crippen LogP contribution is 2.39. The minimum atomic E-state index is -0.420. The quantitative estimate of drug-likeness (QED) is 0.793. The number of benzene rings is 1. The third-order valence-electron chi connectivity index (χ3n) is 3.39. The van der Waals surface area contributed by atoms with Crippen molar-refractivity contribution in [3.05, 3.63) is 47.5 Å². The Balaban J connectivity index is 2.04. The number of hydrogen-bond donors (Lipinski definition) is 0. The van der Waals surface area contributed by atoms with E-state index in [1.807, 2.05) is 29.8 Å². The second-order valence-corrected chi connectivity index (χ2v) is 5.05. The molecule has 1 fully saturated rings. The Morgan fingerprint density at radius 1 is 1.44 bits per heavy atom. The fraction of sp³-hybridized carbons (Fsp3) is 0.286. The predicted octanol–water partition coefficient (Wildman–Crippen LogP) is 3.44. The van der Waals surface area contributed by atoms with E-state index in [4.69, 9.17) is 11.6 Å². The Morgan fingerprint density at radius 2 is 2.22 bits per heavy atom. The molecule has 3 rings (SSSR count). The van der Waals surface area contributed by atoms with Gasteiger partial charge >= 0.3 is 0 Å². The molecule has 18 heavy (non-hydrogen) atoms. The molecule has 0 bridgehead atoms. The zero-order valence-electron chi connectivity index (χ0n) is 10.1. The largest absolute Gasteiger partial charge is 0.306 e. The van der Waals surface area contributed by atoms with Crippen molar-refractivity contribution < 1.29 is 4.79 Å². The number of halogens is 1. The molecule has 3 nitrogen and oxygen atoms in total. The summed E-state index contributed by atoms with van der Waals surface area (Å²) >= 11 is 5.57. The molecule has 4 heteroatoms. The number of hydrogen-bond acceptors (Lipinski definition) is 2. The lowest BCUT2D eigenvalue weighted by atomic mass is 10.1. The maximum absolute atomic E-state index is 11.3. The van der Waals surface area contributed by atoms with E-state index in [2.05, 4.69) is 4.98 Å². The van der Waals surface area contributed by atoms with Gasteiger partial charge in [-0.05, 0) is 49.1 Å². The van der Waals surface area contributed by atoms with Crippen molar-refractivity contribution in [1.29, 1.82) is 0 Å². The van der Waals surface area contributed by atoms with E-state index in [1.54, 1.807) is 12.4 Å². The second kappa shape index (κ2) is 4.25. The first-order valence-corrected chi connectivity index (χ1v) is 6.38. The standard InChI is InChI=1S/C14H13ClN2O/c1-9-11(14(15)18)3-2-4-13(9)17-7-12(16-8-17)10-5-6-10/h2-4,7-8,10H,5-6H2,1H3. The van der Waals surface area contributed by atoms with E-state index in [0.29, 0.717) is 11.5 Å². The van der Waals surface area contributed by atoms with E-state index in [1.165, 1.54) is 12.8 Å². The molecule has 0 radical (unpaired) electrons. The molecule has 1 saturated carbocycles. The van der Waals surface area contributed by atoms with Crippen molar-refractivity contribution in [3.63, 3.8) is 0 Å². The van der Waals surface area contributed by atoms with Gasteiger partial charge in [-0.2, -0.15) is 0 Å². The molecule has 1 aromatic carbocycles. The number of aromatic nitrogens is 2.